The van der Waals surface area contributed by atoms with E-state index in [1.165, 1.54) is 12.8 Å². The summed E-state index contributed by atoms with van der Waals surface area (Å²) in [4.78, 5) is 25.6. The molecule has 0 unspecified atom stereocenters. The number of piperidine rings is 1. The molecular weight excluding hydrogens is 495 g/mol. The molecule has 1 aliphatic heterocycles. The average Bonchev–Trinajstić information content (AvgIpc) is 3.35. The fourth-order valence-electron chi connectivity index (χ4n) is 3.71. The summed E-state index contributed by atoms with van der Waals surface area (Å²) < 4.78 is 7.74. The van der Waals surface area contributed by atoms with E-state index in [0.29, 0.717) is 5.92 Å². The molecule has 2 aliphatic rings. The highest BCUT2D eigenvalue weighted by Gasteiger charge is 2.35. The number of aromatic nitrogens is 2. The van der Waals surface area contributed by atoms with Crippen LogP contribution in [0.2, 0.25) is 0 Å². The summed E-state index contributed by atoms with van der Waals surface area (Å²) in [5, 5.41) is 3.44. The van der Waals surface area contributed by atoms with Crippen LogP contribution in [-0.2, 0) is 11.3 Å². The standard InChI is InChI=1S/C21H36N6O2.HI/c1-21(2,3)29-20(28)27(15-17-5-6-17)18-7-11-26(12-8-18)19(22-4)24-10-14-25-13-9-23-16-25;/h9,13,16-18H,5-8,10-12,14-15H2,1-4H3,(H,22,24);1H. The maximum atomic E-state index is 12.8. The number of amides is 1. The fraction of sp³-hybridized carbons (Fsp3) is 0.762. The van der Waals surface area contributed by atoms with E-state index in [0.717, 1.165) is 51.5 Å². The maximum absolute atomic E-state index is 12.8. The second-order valence-electron chi connectivity index (χ2n) is 9.07. The molecule has 8 nitrogen and oxygen atoms in total. The number of likely N-dealkylation sites (tertiary alicyclic amines) is 1. The molecule has 0 spiro atoms. The van der Waals surface area contributed by atoms with Crippen LogP contribution in [0.4, 0.5) is 4.79 Å². The third kappa shape index (κ3) is 7.63. The number of hydrogen-bond donors (Lipinski definition) is 1. The molecule has 1 aromatic heterocycles. The summed E-state index contributed by atoms with van der Waals surface area (Å²) in [6.45, 7) is 10.1. The Morgan fingerprint density at radius 2 is 1.97 bits per heavy atom. The van der Waals surface area contributed by atoms with E-state index < -0.39 is 5.60 Å². The van der Waals surface area contributed by atoms with Crippen molar-refractivity contribution in [1.29, 1.82) is 0 Å². The first-order chi connectivity index (χ1) is 13.9. The first-order valence-corrected chi connectivity index (χ1v) is 10.8. The highest BCUT2D eigenvalue weighted by atomic mass is 127. The molecule has 2 fully saturated rings. The molecule has 1 saturated heterocycles. The summed E-state index contributed by atoms with van der Waals surface area (Å²) in [6, 6.07) is 0.241. The molecular formula is C21H37IN6O2. The summed E-state index contributed by atoms with van der Waals surface area (Å²) >= 11 is 0. The van der Waals surface area contributed by atoms with Crippen molar-refractivity contribution in [2.45, 2.75) is 64.6 Å². The second-order valence-corrected chi connectivity index (χ2v) is 9.07. The van der Waals surface area contributed by atoms with Crippen LogP contribution in [0, 0.1) is 5.92 Å². The van der Waals surface area contributed by atoms with E-state index in [-0.39, 0.29) is 36.1 Å². The topological polar surface area (TPSA) is 75.0 Å². The predicted octanol–water partition coefficient (Wildman–Crippen LogP) is 3.19. The Morgan fingerprint density at radius 3 is 2.50 bits per heavy atom. The molecule has 1 amide bonds. The zero-order chi connectivity index (χ0) is 20.9. The Hall–Kier alpha value is -1.52. The van der Waals surface area contributed by atoms with E-state index in [1.807, 2.05) is 49.8 Å². The largest absolute Gasteiger partial charge is 0.444 e. The number of ether oxygens (including phenoxy) is 1. The Morgan fingerprint density at radius 1 is 1.27 bits per heavy atom. The molecule has 0 bridgehead atoms. The van der Waals surface area contributed by atoms with Crippen LogP contribution in [0.15, 0.2) is 23.7 Å². The van der Waals surface area contributed by atoms with Gasteiger partial charge >= 0.3 is 6.09 Å². The predicted molar refractivity (Wildman–Crippen MR) is 129 cm³/mol. The highest BCUT2D eigenvalue weighted by molar-refractivity contribution is 14.0. The quantitative estimate of drug-likeness (QED) is 0.346. The summed E-state index contributed by atoms with van der Waals surface area (Å²) in [5.74, 6) is 1.58. The van der Waals surface area contributed by atoms with Crippen LogP contribution in [0.1, 0.15) is 46.5 Å². The van der Waals surface area contributed by atoms with Gasteiger partial charge in [0.05, 0.1) is 6.33 Å². The van der Waals surface area contributed by atoms with Crippen molar-refractivity contribution in [1.82, 2.24) is 24.7 Å². The minimum absolute atomic E-state index is 0. The van der Waals surface area contributed by atoms with Crippen LogP contribution in [0.5, 0.6) is 0 Å². The molecule has 1 saturated carbocycles. The molecule has 1 aliphatic carbocycles. The van der Waals surface area contributed by atoms with Gasteiger partial charge in [0.1, 0.15) is 5.60 Å². The lowest BCUT2D eigenvalue weighted by molar-refractivity contribution is 0.00928. The lowest BCUT2D eigenvalue weighted by Gasteiger charge is -2.40. The summed E-state index contributed by atoms with van der Waals surface area (Å²) in [7, 11) is 1.83. The SMILES string of the molecule is CN=C(NCCn1ccnc1)N1CCC(N(CC2CC2)C(=O)OC(C)(C)C)CC1.I. The molecule has 170 valence electrons. The van der Waals surface area contributed by atoms with Gasteiger partial charge < -0.3 is 24.4 Å². The fourth-order valence-corrected chi connectivity index (χ4v) is 3.71. The van der Waals surface area contributed by atoms with E-state index >= 15 is 0 Å². The van der Waals surface area contributed by atoms with E-state index in [4.69, 9.17) is 4.74 Å². The number of guanidine groups is 1. The third-order valence-corrected chi connectivity index (χ3v) is 5.41. The van der Waals surface area contributed by atoms with Gasteiger partial charge in [0, 0.05) is 58.2 Å². The molecule has 1 N–H and O–H groups in total. The molecule has 3 rings (SSSR count). The van der Waals surface area contributed by atoms with Gasteiger partial charge in [-0.25, -0.2) is 9.78 Å². The Balaban J connectivity index is 0.00000320. The minimum atomic E-state index is -0.458. The molecule has 2 heterocycles. The van der Waals surface area contributed by atoms with Crippen LogP contribution in [0.25, 0.3) is 0 Å². The van der Waals surface area contributed by atoms with E-state index in [1.54, 1.807) is 6.20 Å². The molecule has 0 radical (unpaired) electrons. The van der Waals surface area contributed by atoms with Gasteiger partial charge in [-0.3, -0.25) is 4.99 Å². The van der Waals surface area contributed by atoms with E-state index in [2.05, 4.69) is 20.2 Å². The monoisotopic (exact) mass is 532 g/mol. The van der Waals surface area contributed by atoms with Crippen molar-refractivity contribution >= 4 is 36.0 Å². The van der Waals surface area contributed by atoms with Crippen molar-refractivity contribution < 1.29 is 9.53 Å². The Bertz CT molecular complexity index is 676. The van der Waals surface area contributed by atoms with Gasteiger partial charge in [-0.2, -0.15) is 0 Å². The summed E-state index contributed by atoms with van der Waals surface area (Å²) in [6.07, 6.45) is 9.74. The minimum Gasteiger partial charge on any atom is -0.444 e. The molecule has 1 aromatic rings. The molecule has 30 heavy (non-hydrogen) atoms. The smallest absolute Gasteiger partial charge is 0.410 e. The van der Waals surface area contributed by atoms with Crippen molar-refractivity contribution in [2.75, 3.05) is 33.2 Å². The zero-order valence-corrected chi connectivity index (χ0v) is 21.0. The van der Waals surface area contributed by atoms with Crippen LogP contribution >= 0.6 is 24.0 Å². The number of hydrogen-bond acceptors (Lipinski definition) is 4. The van der Waals surface area contributed by atoms with E-state index in [9.17, 15) is 4.79 Å². The van der Waals surface area contributed by atoms with Crippen LogP contribution in [-0.4, -0.2) is 76.3 Å². The number of aliphatic imine (C=N–C) groups is 1. The second kappa shape index (κ2) is 11.2. The van der Waals surface area contributed by atoms with Gasteiger partial charge in [-0.1, -0.05) is 0 Å². The zero-order valence-electron chi connectivity index (χ0n) is 18.7. The van der Waals surface area contributed by atoms with Gasteiger partial charge in [0.2, 0.25) is 0 Å². The number of nitrogens with zero attached hydrogens (tertiary/aromatic N) is 5. The van der Waals surface area contributed by atoms with Gasteiger partial charge in [0.25, 0.3) is 0 Å². The van der Waals surface area contributed by atoms with Crippen molar-refractivity contribution in [3.05, 3.63) is 18.7 Å². The highest BCUT2D eigenvalue weighted by Crippen LogP contribution is 2.32. The Labute approximate surface area is 197 Å². The summed E-state index contributed by atoms with van der Waals surface area (Å²) in [5.41, 5.74) is -0.458. The lowest BCUT2D eigenvalue weighted by Crippen LogP contribution is -2.52. The molecule has 0 aromatic carbocycles. The average molecular weight is 532 g/mol. The number of carbonyl (C=O) groups is 1. The number of nitrogens with one attached hydrogen (secondary N) is 1. The van der Waals surface area contributed by atoms with Gasteiger partial charge in [0.15, 0.2) is 5.96 Å². The number of imidazole rings is 1. The van der Waals surface area contributed by atoms with Crippen molar-refractivity contribution in [3.8, 4) is 0 Å². The van der Waals surface area contributed by atoms with Gasteiger partial charge in [-0.15, -0.1) is 24.0 Å². The Kier molecular flexibility index (Phi) is 9.24. The van der Waals surface area contributed by atoms with Crippen LogP contribution in [0.3, 0.4) is 0 Å². The number of carbonyl (C=O) groups excluding carboxylic acids is 1. The number of rotatable bonds is 6. The van der Waals surface area contributed by atoms with Crippen LogP contribution < -0.4 is 5.32 Å². The van der Waals surface area contributed by atoms with Crippen molar-refractivity contribution in [3.63, 3.8) is 0 Å². The molecule has 0 atom stereocenters. The van der Waals surface area contributed by atoms with Crippen molar-refractivity contribution in [2.24, 2.45) is 10.9 Å². The lowest BCUT2D eigenvalue weighted by atomic mass is 10.0. The first kappa shape index (κ1) is 24.7. The van der Waals surface area contributed by atoms with Gasteiger partial charge in [-0.05, 0) is 52.4 Å². The molecule has 9 heteroatoms. The first-order valence-electron chi connectivity index (χ1n) is 10.8. The maximum Gasteiger partial charge on any atom is 0.410 e. The third-order valence-electron chi connectivity index (χ3n) is 5.41. The number of halogens is 1. The normalized spacial score (nSPS) is 18.0.